The molecule has 1 aromatic heterocycles. The van der Waals surface area contributed by atoms with E-state index in [0.717, 1.165) is 18.5 Å². The lowest BCUT2D eigenvalue weighted by molar-refractivity contribution is 0.713. The summed E-state index contributed by atoms with van der Waals surface area (Å²) in [5, 5.41) is 4.39. The molecular weight excluding hydrogens is 210 g/mol. The lowest BCUT2D eigenvalue weighted by Crippen LogP contribution is -2.04. The first-order chi connectivity index (χ1) is 8.15. The molecule has 2 N–H and O–H groups in total. The lowest BCUT2D eigenvalue weighted by atomic mass is 10.0. The molecule has 1 heterocycles. The summed E-state index contributed by atoms with van der Waals surface area (Å²) in [6.07, 6.45) is 4.25. The molecule has 3 heteroatoms. The van der Waals surface area contributed by atoms with Gasteiger partial charge in [-0.3, -0.25) is 4.68 Å². The van der Waals surface area contributed by atoms with E-state index in [4.69, 9.17) is 5.73 Å². The Morgan fingerprint density at radius 2 is 2.24 bits per heavy atom. The van der Waals surface area contributed by atoms with Crippen LogP contribution in [0.5, 0.6) is 0 Å². The average Bonchev–Trinajstić information content (AvgIpc) is 2.82. The minimum absolute atomic E-state index is 0.231. The topological polar surface area (TPSA) is 43.8 Å². The fourth-order valence-corrected chi connectivity index (χ4v) is 2.70. The van der Waals surface area contributed by atoms with Crippen molar-refractivity contribution in [1.82, 2.24) is 9.78 Å². The minimum Gasteiger partial charge on any atom is -0.324 e. The van der Waals surface area contributed by atoms with Crippen LogP contribution in [0.1, 0.15) is 29.3 Å². The summed E-state index contributed by atoms with van der Waals surface area (Å²) in [5.41, 5.74) is 12.3. The Morgan fingerprint density at radius 3 is 2.94 bits per heavy atom. The monoisotopic (exact) mass is 227 g/mol. The van der Waals surface area contributed by atoms with Gasteiger partial charge in [0.15, 0.2) is 0 Å². The lowest BCUT2D eigenvalue weighted by Gasteiger charge is -2.06. The number of fused-ring (bicyclic) bond motifs is 1. The van der Waals surface area contributed by atoms with Crippen LogP contribution in [0.25, 0.3) is 11.1 Å². The van der Waals surface area contributed by atoms with Gasteiger partial charge < -0.3 is 5.73 Å². The van der Waals surface area contributed by atoms with Gasteiger partial charge in [-0.1, -0.05) is 18.2 Å². The van der Waals surface area contributed by atoms with Crippen molar-refractivity contribution in [2.24, 2.45) is 12.8 Å². The highest BCUT2D eigenvalue weighted by molar-refractivity contribution is 5.67. The third-order valence-corrected chi connectivity index (χ3v) is 3.59. The summed E-state index contributed by atoms with van der Waals surface area (Å²) >= 11 is 0. The van der Waals surface area contributed by atoms with E-state index >= 15 is 0 Å². The van der Waals surface area contributed by atoms with Crippen LogP contribution >= 0.6 is 0 Å². The Morgan fingerprint density at radius 1 is 1.41 bits per heavy atom. The van der Waals surface area contributed by atoms with E-state index in [1.165, 1.54) is 22.3 Å². The Labute approximate surface area is 101 Å². The number of benzene rings is 1. The van der Waals surface area contributed by atoms with Crippen molar-refractivity contribution in [3.8, 4) is 11.1 Å². The van der Waals surface area contributed by atoms with Gasteiger partial charge >= 0.3 is 0 Å². The van der Waals surface area contributed by atoms with Crippen molar-refractivity contribution in [2.45, 2.75) is 25.8 Å². The molecule has 0 aliphatic heterocycles. The molecule has 88 valence electrons. The second-order valence-corrected chi connectivity index (χ2v) is 4.86. The van der Waals surface area contributed by atoms with Gasteiger partial charge in [0.25, 0.3) is 0 Å². The zero-order chi connectivity index (χ0) is 12.0. The van der Waals surface area contributed by atoms with E-state index in [9.17, 15) is 0 Å². The van der Waals surface area contributed by atoms with Gasteiger partial charge in [-0.15, -0.1) is 0 Å². The molecule has 0 saturated heterocycles. The maximum absolute atomic E-state index is 6.05. The van der Waals surface area contributed by atoms with E-state index in [1.807, 2.05) is 18.7 Å². The number of aromatic nitrogens is 2. The van der Waals surface area contributed by atoms with Gasteiger partial charge in [0.05, 0.1) is 5.69 Å². The standard InChI is InChI=1S/C14H17N3/c1-9-13(8-17(2)16-9)11-3-5-12-10(7-11)4-6-14(12)15/h3,5,7-8,14H,4,6,15H2,1-2H3. The third kappa shape index (κ3) is 1.67. The minimum atomic E-state index is 0.231. The highest BCUT2D eigenvalue weighted by atomic mass is 15.2. The highest BCUT2D eigenvalue weighted by Crippen LogP contribution is 2.33. The molecule has 0 bridgehead atoms. The number of aryl methyl sites for hydroxylation is 3. The molecule has 0 radical (unpaired) electrons. The first-order valence-corrected chi connectivity index (χ1v) is 6.04. The first-order valence-electron chi connectivity index (χ1n) is 6.04. The average molecular weight is 227 g/mol. The van der Waals surface area contributed by atoms with E-state index in [2.05, 4.69) is 29.5 Å². The van der Waals surface area contributed by atoms with Gasteiger partial charge in [-0.2, -0.15) is 5.10 Å². The van der Waals surface area contributed by atoms with Crippen LogP contribution in [0.15, 0.2) is 24.4 Å². The maximum Gasteiger partial charge on any atom is 0.0671 e. The molecular formula is C14H17N3. The zero-order valence-corrected chi connectivity index (χ0v) is 10.3. The second kappa shape index (κ2) is 3.70. The van der Waals surface area contributed by atoms with Crippen LogP contribution in [-0.4, -0.2) is 9.78 Å². The predicted molar refractivity (Wildman–Crippen MR) is 68.6 cm³/mol. The molecule has 1 aliphatic rings. The van der Waals surface area contributed by atoms with Crippen molar-refractivity contribution < 1.29 is 0 Å². The van der Waals surface area contributed by atoms with E-state index in [0.29, 0.717) is 0 Å². The Balaban J connectivity index is 2.08. The summed E-state index contributed by atoms with van der Waals surface area (Å²) in [6, 6.07) is 6.84. The number of nitrogens with zero attached hydrogens (tertiary/aromatic N) is 2. The Hall–Kier alpha value is -1.61. The van der Waals surface area contributed by atoms with Crippen molar-refractivity contribution in [3.05, 3.63) is 41.2 Å². The summed E-state index contributed by atoms with van der Waals surface area (Å²) in [4.78, 5) is 0. The predicted octanol–water partition coefficient (Wildman–Crippen LogP) is 2.34. The molecule has 3 nitrogen and oxygen atoms in total. The maximum atomic E-state index is 6.05. The zero-order valence-electron chi connectivity index (χ0n) is 10.3. The van der Waals surface area contributed by atoms with Crippen LogP contribution < -0.4 is 5.73 Å². The summed E-state index contributed by atoms with van der Waals surface area (Å²) in [5.74, 6) is 0. The first kappa shape index (κ1) is 10.5. The van der Waals surface area contributed by atoms with Gasteiger partial charge in [0.1, 0.15) is 0 Å². The normalized spacial score (nSPS) is 18.4. The second-order valence-electron chi connectivity index (χ2n) is 4.86. The van der Waals surface area contributed by atoms with Gasteiger partial charge in [0, 0.05) is 24.8 Å². The highest BCUT2D eigenvalue weighted by Gasteiger charge is 2.19. The Kier molecular flexibility index (Phi) is 2.30. The van der Waals surface area contributed by atoms with Crippen molar-refractivity contribution in [1.29, 1.82) is 0 Å². The summed E-state index contributed by atoms with van der Waals surface area (Å²) in [6.45, 7) is 2.05. The van der Waals surface area contributed by atoms with Crippen LogP contribution in [0.2, 0.25) is 0 Å². The number of hydrogen-bond acceptors (Lipinski definition) is 2. The fraction of sp³-hybridized carbons (Fsp3) is 0.357. The quantitative estimate of drug-likeness (QED) is 0.812. The molecule has 1 aromatic carbocycles. The van der Waals surface area contributed by atoms with Crippen LogP contribution in [0, 0.1) is 6.92 Å². The largest absolute Gasteiger partial charge is 0.324 e. The molecule has 17 heavy (non-hydrogen) atoms. The van der Waals surface area contributed by atoms with E-state index in [1.54, 1.807) is 0 Å². The van der Waals surface area contributed by atoms with Gasteiger partial charge in [-0.25, -0.2) is 0 Å². The van der Waals surface area contributed by atoms with Crippen molar-refractivity contribution in [3.63, 3.8) is 0 Å². The number of rotatable bonds is 1. The van der Waals surface area contributed by atoms with Crippen LogP contribution in [-0.2, 0) is 13.5 Å². The van der Waals surface area contributed by atoms with Crippen LogP contribution in [0.3, 0.4) is 0 Å². The molecule has 0 amide bonds. The summed E-state index contributed by atoms with van der Waals surface area (Å²) < 4.78 is 1.86. The molecule has 0 fully saturated rings. The molecule has 2 aromatic rings. The van der Waals surface area contributed by atoms with E-state index in [-0.39, 0.29) is 6.04 Å². The van der Waals surface area contributed by atoms with Gasteiger partial charge in [0.2, 0.25) is 0 Å². The van der Waals surface area contributed by atoms with Gasteiger partial charge in [-0.05, 0) is 36.5 Å². The van der Waals surface area contributed by atoms with Crippen molar-refractivity contribution in [2.75, 3.05) is 0 Å². The fourth-order valence-electron chi connectivity index (χ4n) is 2.70. The summed E-state index contributed by atoms with van der Waals surface area (Å²) in [7, 11) is 1.96. The smallest absolute Gasteiger partial charge is 0.0671 e. The van der Waals surface area contributed by atoms with E-state index < -0.39 is 0 Å². The molecule has 1 aliphatic carbocycles. The number of hydrogen-bond donors (Lipinski definition) is 1. The molecule has 3 rings (SSSR count). The third-order valence-electron chi connectivity index (χ3n) is 3.59. The van der Waals surface area contributed by atoms with Crippen LogP contribution in [0.4, 0.5) is 0 Å². The number of nitrogens with two attached hydrogens (primary N) is 1. The molecule has 0 spiro atoms. The molecule has 1 unspecified atom stereocenters. The molecule has 0 saturated carbocycles. The molecule has 1 atom stereocenters. The Bertz CT molecular complexity index is 569. The van der Waals surface area contributed by atoms with Crippen molar-refractivity contribution >= 4 is 0 Å². The SMILES string of the molecule is Cc1nn(C)cc1-c1ccc2c(c1)CCC2N.